The van der Waals surface area contributed by atoms with Crippen LogP contribution in [0.15, 0.2) is 71.7 Å². The molecule has 106 heavy (non-hydrogen) atoms. The Morgan fingerprint density at radius 2 is 1.34 bits per heavy atom. The van der Waals surface area contributed by atoms with E-state index in [2.05, 4.69) is 31.6 Å². The molecule has 2 atom stereocenters. The van der Waals surface area contributed by atoms with Gasteiger partial charge in [0.15, 0.2) is 0 Å². The zero-order valence-corrected chi connectivity index (χ0v) is 60.4. The van der Waals surface area contributed by atoms with Crippen LogP contribution < -0.4 is 32.6 Å². The number of esters is 2. The minimum atomic E-state index is -1.51. The number of anilines is 1. The van der Waals surface area contributed by atoms with Gasteiger partial charge in [0.1, 0.15) is 49.3 Å². The van der Waals surface area contributed by atoms with Gasteiger partial charge in [-0.15, -0.1) is 5.10 Å². The highest BCUT2D eigenvalue weighted by Crippen LogP contribution is 2.44. The van der Waals surface area contributed by atoms with Crippen molar-refractivity contribution in [3.63, 3.8) is 0 Å². The molecule has 32 nitrogen and oxygen atoms in total. The van der Waals surface area contributed by atoms with E-state index in [4.69, 9.17) is 62.8 Å². The zero-order chi connectivity index (χ0) is 75.1. The van der Waals surface area contributed by atoms with Crippen molar-refractivity contribution in [1.29, 1.82) is 0 Å². The number of hydrogen-bond donors (Lipinski definition) is 6. The van der Waals surface area contributed by atoms with E-state index in [1.165, 1.54) is 17.1 Å². The summed E-state index contributed by atoms with van der Waals surface area (Å²) in [5.74, 6) is -3.24. The molecule has 1 unspecified atom stereocenters. The molecule has 0 spiro atoms. The van der Waals surface area contributed by atoms with Gasteiger partial charge in [0, 0.05) is 47.8 Å². The molecule has 9 rings (SSSR count). The molecule has 6 amide bonds. The molecule has 0 radical (unpaired) electrons. The smallest absolute Gasteiger partial charge is 0.317 e. The number of aryl methyl sites for hydroxylation is 1. The van der Waals surface area contributed by atoms with Crippen LogP contribution in [0.3, 0.4) is 0 Å². The molecule has 3 aromatic heterocycles. The number of nitrogens with one attached hydrogen (secondary N) is 4. The number of rotatable bonds is 49. The van der Waals surface area contributed by atoms with Gasteiger partial charge in [0.25, 0.3) is 17.4 Å². The Bertz CT molecular complexity index is 3840. The van der Waals surface area contributed by atoms with E-state index < -0.39 is 54.3 Å². The van der Waals surface area contributed by atoms with E-state index in [0.29, 0.717) is 190 Å². The van der Waals surface area contributed by atoms with Crippen LogP contribution in [0.1, 0.15) is 105 Å². The lowest BCUT2D eigenvalue weighted by molar-refractivity contribution is -0.161. The number of amides is 6. The topological polar surface area (TPSA) is 401 Å². The standard InChI is InChI=1S/C74H99N11O21/c1-3-56-57-39-55(86)16-17-61(57)80-69-58(56)45-84-63(69)40-60-59(72(84)94)47-106-73(95)74(60,4-2)41-68(91)105-46-51-10-14-53(15-11-51)78-71(93)62(7-5-6-20-75)79-65(88)49-104-48-64(87)76-21-23-96-25-27-98-29-31-100-33-35-102-37-38-103-36-34-101-32-30-99-28-26-97-24-22-83-44-54(81-82-83)42-77-70(92)52-12-8-50(9-13-52)43-85-66(89)18-19-67(85)90/h10-11,14-19,39-40,44,50,52,62,86H,3-9,12-13,20-38,41-43,45-49,75H2,1-2H3,(H,76,87)(H,77,92)(H,78,93)(H,79,88)/t50-,52-,62?,74-/m0/s1. The first-order valence-electron chi connectivity index (χ1n) is 36.4. The van der Waals surface area contributed by atoms with Gasteiger partial charge in [-0.1, -0.05) is 31.2 Å². The maximum absolute atomic E-state index is 14.2. The SMILES string of the molecule is CCc1c2c(nc3ccc(O)cc13)-c1cc3c(c(=O)n1C2)COC(=O)[C@@]3(CC)CC(=O)OCc1ccc(NC(=O)C(CCCCN)NC(=O)COCC(=O)NCCOCCOCCOCCOCCOCCOCCOCCOCCn2cc(CNC(=O)[C@H]3CC[C@H](CN4C(=O)C=CC4=O)CC3)nn2)cc1. The van der Waals surface area contributed by atoms with Crippen LogP contribution in [0.25, 0.3) is 22.3 Å². The third-order valence-corrected chi connectivity index (χ3v) is 18.7. The number of phenols is 1. The predicted molar refractivity (Wildman–Crippen MR) is 381 cm³/mol. The molecule has 1 fully saturated rings. The number of unbranched alkanes of at least 4 members (excludes halogenated alkanes) is 1. The van der Waals surface area contributed by atoms with Crippen LogP contribution in [-0.2, 0) is 135 Å². The average molecular weight is 1480 g/mol. The molecule has 3 aliphatic heterocycles. The lowest BCUT2D eigenvalue weighted by Crippen LogP contribution is -2.46. The van der Waals surface area contributed by atoms with Crippen molar-refractivity contribution in [2.75, 3.05) is 144 Å². The fraction of sp³-hybridized carbons (Fsp3) is 0.568. The number of nitrogens with zero attached hydrogens (tertiary/aromatic N) is 6. The number of phenolic OH excluding ortho intramolecular Hbond substituents is 1. The Kier molecular flexibility index (Phi) is 32.4. The fourth-order valence-electron chi connectivity index (χ4n) is 13.0. The van der Waals surface area contributed by atoms with Crippen molar-refractivity contribution in [3.8, 4) is 17.1 Å². The normalized spacial score (nSPS) is 16.9. The number of imide groups is 1. The minimum absolute atomic E-state index is 0.0273. The second-order valence-electron chi connectivity index (χ2n) is 26.0. The van der Waals surface area contributed by atoms with Crippen molar-refractivity contribution in [2.24, 2.45) is 17.6 Å². The molecule has 0 saturated heterocycles. The van der Waals surface area contributed by atoms with E-state index in [-0.39, 0.29) is 105 Å². The van der Waals surface area contributed by atoms with Gasteiger partial charge in [0.05, 0.1) is 160 Å². The summed E-state index contributed by atoms with van der Waals surface area (Å²) in [6.45, 7) is 10.6. The Balaban J connectivity index is 0.528. The molecular weight excluding hydrogens is 1380 g/mol. The van der Waals surface area contributed by atoms with Gasteiger partial charge < -0.3 is 88.8 Å². The summed E-state index contributed by atoms with van der Waals surface area (Å²) in [5, 5.41) is 30.4. The average Bonchev–Trinajstić information content (AvgIpc) is 1.49. The predicted octanol–water partition coefficient (Wildman–Crippen LogP) is 2.99. The largest absolute Gasteiger partial charge is 0.508 e. The van der Waals surface area contributed by atoms with Crippen LogP contribution in [0.2, 0.25) is 0 Å². The van der Waals surface area contributed by atoms with E-state index >= 15 is 0 Å². The van der Waals surface area contributed by atoms with Crippen molar-refractivity contribution < 1.29 is 95.6 Å². The summed E-state index contributed by atoms with van der Waals surface area (Å²) in [6.07, 6.45) is 9.19. The first kappa shape index (κ1) is 81.1. The quantitative estimate of drug-likeness (QED) is 0.0182. The Hall–Kier alpha value is -8.96. The number of aromatic hydroxyl groups is 1. The van der Waals surface area contributed by atoms with Crippen LogP contribution >= 0.6 is 0 Å². The minimum Gasteiger partial charge on any atom is -0.508 e. The number of pyridine rings is 2. The number of cyclic esters (lactones) is 1. The number of ether oxygens (including phenoxy) is 11. The highest BCUT2D eigenvalue weighted by molar-refractivity contribution is 6.13. The molecule has 2 aromatic carbocycles. The van der Waals surface area contributed by atoms with Gasteiger partial charge in [-0.2, -0.15) is 0 Å². The van der Waals surface area contributed by atoms with Crippen LogP contribution in [0.4, 0.5) is 5.69 Å². The Morgan fingerprint density at radius 3 is 1.96 bits per heavy atom. The van der Waals surface area contributed by atoms with Crippen molar-refractivity contribution in [2.45, 2.75) is 122 Å². The van der Waals surface area contributed by atoms with Gasteiger partial charge in [0.2, 0.25) is 23.6 Å². The van der Waals surface area contributed by atoms with Crippen LogP contribution in [-0.4, -0.2) is 227 Å². The monoisotopic (exact) mass is 1480 g/mol. The Labute approximate surface area is 614 Å². The molecule has 1 aliphatic carbocycles. The number of fused-ring (bicyclic) bond motifs is 5. The van der Waals surface area contributed by atoms with E-state index in [0.717, 1.165) is 29.4 Å². The molecular formula is C74H99N11O21. The molecule has 6 heterocycles. The first-order chi connectivity index (χ1) is 51.6. The maximum Gasteiger partial charge on any atom is 0.317 e. The summed E-state index contributed by atoms with van der Waals surface area (Å²) in [7, 11) is 0. The van der Waals surface area contributed by atoms with E-state index in [9.17, 15) is 48.3 Å². The van der Waals surface area contributed by atoms with Gasteiger partial charge in [-0.25, -0.2) is 9.67 Å². The second-order valence-corrected chi connectivity index (χ2v) is 26.0. The number of nitrogens with two attached hydrogens (primary N) is 1. The van der Waals surface area contributed by atoms with Gasteiger partial charge in [-0.3, -0.25) is 48.1 Å². The van der Waals surface area contributed by atoms with Crippen molar-refractivity contribution in [3.05, 3.63) is 111 Å². The molecule has 7 N–H and O–H groups in total. The third-order valence-electron chi connectivity index (χ3n) is 18.7. The lowest BCUT2D eigenvalue weighted by atomic mass is 9.72. The molecule has 576 valence electrons. The first-order valence-corrected chi connectivity index (χ1v) is 36.4. The van der Waals surface area contributed by atoms with E-state index in [1.807, 2.05) is 6.92 Å². The van der Waals surface area contributed by atoms with Crippen LogP contribution in [0, 0.1) is 11.8 Å². The fourth-order valence-corrected chi connectivity index (χ4v) is 13.0. The number of carbonyl (C=O) groups is 8. The van der Waals surface area contributed by atoms with Gasteiger partial charge in [-0.05, 0) is 123 Å². The molecule has 0 bridgehead atoms. The van der Waals surface area contributed by atoms with E-state index in [1.54, 1.807) is 70.9 Å². The number of hydrogen-bond acceptors (Lipinski definition) is 25. The summed E-state index contributed by atoms with van der Waals surface area (Å²) >= 11 is 0. The Morgan fingerprint density at radius 1 is 0.717 bits per heavy atom. The third kappa shape index (κ3) is 23.8. The van der Waals surface area contributed by atoms with Crippen molar-refractivity contribution in [1.82, 2.24) is 45.4 Å². The summed E-state index contributed by atoms with van der Waals surface area (Å²) in [6, 6.07) is 12.4. The maximum atomic E-state index is 14.2. The molecule has 5 aromatic rings. The summed E-state index contributed by atoms with van der Waals surface area (Å²) in [5.41, 5.74) is 9.81. The van der Waals surface area contributed by atoms with Crippen molar-refractivity contribution >= 4 is 64.0 Å². The number of benzene rings is 2. The molecule has 32 heteroatoms. The molecule has 1 saturated carbocycles. The molecule has 4 aliphatic rings. The summed E-state index contributed by atoms with van der Waals surface area (Å²) < 4.78 is 64.4. The zero-order valence-electron chi connectivity index (χ0n) is 60.4. The number of carbonyl (C=O) groups excluding carboxylic acids is 8. The summed E-state index contributed by atoms with van der Waals surface area (Å²) in [4.78, 5) is 123. The highest BCUT2D eigenvalue weighted by Gasteiger charge is 2.49. The lowest BCUT2D eigenvalue weighted by Gasteiger charge is -2.35. The van der Waals surface area contributed by atoms with Gasteiger partial charge >= 0.3 is 11.9 Å². The second kappa shape index (κ2) is 42.4. The highest BCUT2D eigenvalue weighted by atomic mass is 16.6. The van der Waals surface area contributed by atoms with Crippen LogP contribution in [0.5, 0.6) is 5.75 Å². The number of aromatic nitrogens is 5.